The number of benzene rings is 3. The van der Waals surface area contributed by atoms with Gasteiger partial charge in [0.2, 0.25) is 0 Å². The van der Waals surface area contributed by atoms with Gasteiger partial charge >= 0.3 is 150 Å². The summed E-state index contributed by atoms with van der Waals surface area (Å²) in [6.07, 6.45) is 7.88. The first-order chi connectivity index (χ1) is 12.2. The van der Waals surface area contributed by atoms with Crippen LogP contribution in [0.2, 0.25) is 0 Å². The third-order valence-corrected chi connectivity index (χ3v) is 12.2. The molecule has 0 atom stereocenters. The maximum Gasteiger partial charge on any atom is 0 e. The van der Waals surface area contributed by atoms with Crippen molar-refractivity contribution in [2.45, 2.75) is 6.42 Å². The van der Waals surface area contributed by atoms with Gasteiger partial charge in [0.1, 0.15) is 0 Å². The van der Waals surface area contributed by atoms with Crippen LogP contribution in [-0.4, -0.2) is 6.66 Å². The third kappa shape index (κ3) is 2.70. The second kappa shape index (κ2) is 7.51. The molecule has 3 aromatic rings. The molecule has 0 amide bonds. The minimum atomic E-state index is -2.71. The molecule has 0 saturated carbocycles. The van der Waals surface area contributed by atoms with Crippen LogP contribution in [0.1, 0.15) is 6.42 Å². The van der Waals surface area contributed by atoms with Crippen LogP contribution in [0.5, 0.6) is 0 Å². The maximum absolute atomic E-state index is 2.71. The summed E-state index contributed by atoms with van der Waals surface area (Å²) in [4.78, 5) is 0. The van der Waals surface area contributed by atoms with Gasteiger partial charge in [-0.3, -0.25) is 0 Å². The zero-order valence-electron chi connectivity index (χ0n) is 14.8. The Kier molecular flexibility index (Phi) is 5.51. The summed E-state index contributed by atoms with van der Waals surface area (Å²) in [7, 11) is 0. The van der Waals surface area contributed by atoms with Crippen LogP contribution in [0.25, 0.3) is 0 Å². The maximum atomic E-state index is 2.52. The van der Waals surface area contributed by atoms with Crippen LogP contribution in [0.15, 0.2) is 115 Å². The molecule has 0 spiro atoms. The van der Waals surface area contributed by atoms with Crippen LogP contribution >= 0.6 is 6.60 Å². The van der Waals surface area contributed by atoms with Crippen LogP contribution in [0, 0.1) is 0 Å². The van der Waals surface area contributed by atoms with Gasteiger partial charge in [0, 0.05) is 22.4 Å². The molecule has 3 aromatic carbocycles. The first-order valence-corrected chi connectivity index (χ1v) is 11.5. The summed E-state index contributed by atoms with van der Waals surface area (Å²) in [6.45, 7) is -0.188. The molecule has 26 heavy (non-hydrogen) atoms. The van der Waals surface area contributed by atoms with Gasteiger partial charge < -0.3 is 0 Å². The molecule has 0 heterocycles. The molecule has 0 N–H and O–H groups in total. The molecule has 0 nitrogen and oxygen atoms in total. The molecule has 0 aromatic heterocycles. The Balaban J connectivity index is 0.00000196. The number of rotatable bonds is 4. The number of hydrogen-bond acceptors (Lipinski definition) is 0. The van der Waals surface area contributed by atoms with Crippen molar-refractivity contribution in [2.75, 3.05) is 6.66 Å². The Hall–Kier alpha value is -1.69. The Morgan fingerprint density at radius 3 is 1.31 bits per heavy atom. The van der Waals surface area contributed by atoms with Gasteiger partial charge in [-0.25, -0.2) is 0 Å². The fourth-order valence-electron chi connectivity index (χ4n) is 4.20. The van der Waals surface area contributed by atoms with Gasteiger partial charge in [-0.1, -0.05) is 0 Å². The predicted octanol–water partition coefficient (Wildman–Crippen LogP) is 4.99. The molecule has 2 heteroatoms. The van der Waals surface area contributed by atoms with E-state index in [1.165, 1.54) is 21.2 Å². The monoisotopic (exact) mass is 539 g/mol. The zero-order chi connectivity index (χ0) is 17.2. The van der Waals surface area contributed by atoms with Gasteiger partial charge in [-0.15, -0.1) is 0 Å². The van der Waals surface area contributed by atoms with Crippen molar-refractivity contribution >= 4 is 22.5 Å². The van der Waals surface area contributed by atoms with Crippen LogP contribution in [-0.2, 0) is 22.4 Å². The molecular formula is C24H23AuP. The summed E-state index contributed by atoms with van der Waals surface area (Å²) in [5.74, 6) is 0. The van der Waals surface area contributed by atoms with E-state index in [2.05, 4.69) is 116 Å². The van der Waals surface area contributed by atoms with Gasteiger partial charge in [-0.05, 0) is 0 Å². The molecule has 4 rings (SSSR count). The summed E-state index contributed by atoms with van der Waals surface area (Å²) in [5, 5.41) is 5.83. The van der Waals surface area contributed by atoms with Gasteiger partial charge in [0.15, 0.2) is 0 Å². The normalized spacial score (nSPS) is 14.8. The van der Waals surface area contributed by atoms with E-state index < -0.39 is 6.60 Å². The van der Waals surface area contributed by atoms with Crippen molar-refractivity contribution in [1.82, 2.24) is 0 Å². The molecule has 135 valence electrons. The largest absolute Gasteiger partial charge is 0 e. The molecule has 0 aliphatic heterocycles. The van der Waals surface area contributed by atoms with E-state index in [1.807, 2.05) is 0 Å². The van der Waals surface area contributed by atoms with Gasteiger partial charge in [0.05, 0.1) is 0 Å². The predicted molar refractivity (Wildman–Crippen MR) is 113 cm³/mol. The van der Waals surface area contributed by atoms with E-state index in [1.54, 1.807) is 0 Å². The van der Waals surface area contributed by atoms with Crippen molar-refractivity contribution in [3.8, 4) is 0 Å². The van der Waals surface area contributed by atoms with E-state index in [4.69, 9.17) is 0 Å². The zero-order valence-corrected chi connectivity index (χ0v) is 17.9. The molecule has 0 unspecified atom stereocenters. The minimum absolute atomic E-state index is 0. The second-order valence-corrected chi connectivity index (χ2v) is 12.1. The SMILES string of the molecule is CP(C1=CC=CC1)(c1ccccc1)(c1ccccc1)c1ccccc1.[Au]. The summed E-state index contributed by atoms with van der Waals surface area (Å²) in [5.41, 5.74) is 0. The molecule has 0 saturated heterocycles. The third-order valence-electron chi connectivity index (χ3n) is 5.67. The Morgan fingerprint density at radius 2 is 1.00 bits per heavy atom. The Bertz CT molecular complexity index is 828. The van der Waals surface area contributed by atoms with Gasteiger partial charge in [-0.2, -0.15) is 0 Å². The van der Waals surface area contributed by atoms with Crippen molar-refractivity contribution in [2.24, 2.45) is 0 Å². The Morgan fingerprint density at radius 1 is 0.615 bits per heavy atom. The quantitative estimate of drug-likeness (QED) is 0.324. The van der Waals surface area contributed by atoms with E-state index in [9.17, 15) is 0 Å². The minimum Gasteiger partial charge on any atom is 0 e. The van der Waals surface area contributed by atoms with Crippen LogP contribution in [0.3, 0.4) is 0 Å². The molecule has 1 aliphatic carbocycles. The topological polar surface area (TPSA) is 0 Å². The summed E-state index contributed by atoms with van der Waals surface area (Å²) >= 11 is 0. The summed E-state index contributed by atoms with van der Waals surface area (Å²) in [6, 6.07) is 33.3. The fourth-order valence-corrected chi connectivity index (χ4v) is 9.86. The van der Waals surface area contributed by atoms with Crippen LogP contribution in [0.4, 0.5) is 0 Å². The second-order valence-electron chi connectivity index (χ2n) is 6.86. The first kappa shape index (κ1) is 19.1. The molecule has 1 radical (unpaired) electrons. The molecule has 1 aliphatic rings. The van der Waals surface area contributed by atoms with Gasteiger partial charge in [0.25, 0.3) is 0 Å². The fraction of sp³-hybridized carbons (Fsp3) is 0.0833. The van der Waals surface area contributed by atoms with E-state index in [-0.39, 0.29) is 22.4 Å². The van der Waals surface area contributed by atoms with E-state index >= 15 is 0 Å². The average molecular weight is 539 g/mol. The van der Waals surface area contributed by atoms with Crippen molar-refractivity contribution in [3.63, 3.8) is 0 Å². The first-order valence-electron chi connectivity index (χ1n) is 8.79. The standard InChI is InChI=1S/C24H23P.Au/c1-25(24-19-11-12-20-24,21-13-5-2-6-14-21,22-15-7-3-8-16-22)23-17-9-4-10-18-23;/h2-19H,20H2,1H3;. The van der Waals surface area contributed by atoms with E-state index in [0.29, 0.717) is 0 Å². The summed E-state index contributed by atoms with van der Waals surface area (Å²) < 4.78 is 0. The van der Waals surface area contributed by atoms with Crippen molar-refractivity contribution in [3.05, 3.63) is 115 Å². The number of hydrogen-bond donors (Lipinski definition) is 0. The number of allylic oxidation sites excluding steroid dienone is 4. The van der Waals surface area contributed by atoms with Crippen molar-refractivity contribution in [1.29, 1.82) is 0 Å². The molecular weight excluding hydrogens is 516 g/mol. The van der Waals surface area contributed by atoms with Crippen molar-refractivity contribution < 1.29 is 22.4 Å². The molecule has 0 fully saturated rings. The average Bonchev–Trinajstić information content (AvgIpc) is 3.25. The Labute approximate surface area is 172 Å². The van der Waals surface area contributed by atoms with E-state index in [0.717, 1.165) is 6.42 Å². The molecule has 0 bridgehead atoms. The van der Waals surface area contributed by atoms with Crippen LogP contribution < -0.4 is 15.9 Å². The smallest absolute Gasteiger partial charge is 0 e.